The first kappa shape index (κ1) is 22.8. The minimum Gasteiger partial charge on any atom is -0.493 e. The average Bonchev–Trinajstić information content (AvgIpc) is 2.69. The van der Waals surface area contributed by atoms with Crippen molar-refractivity contribution in [1.82, 2.24) is 4.90 Å². The van der Waals surface area contributed by atoms with E-state index in [1.807, 2.05) is 13.8 Å². The lowest BCUT2D eigenvalue weighted by Crippen LogP contribution is -2.38. The molecule has 8 heteroatoms. The predicted molar refractivity (Wildman–Crippen MR) is 115 cm³/mol. The van der Waals surface area contributed by atoms with Gasteiger partial charge in [0.1, 0.15) is 6.54 Å². The van der Waals surface area contributed by atoms with Crippen molar-refractivity contribution in [2.75, 3.05) is 32.1 Å². The van der Waals surface area contributed by atoms with Crippen LogP contribution in [0, 0.1) is 0 Å². The minimum atomic E-state index is -0.353. The van der Waals surface area contributed by atoms with Gasteiger partial charge in [-0.15, -0.1) is 0 Å². The van der Waals surface area contributed by atoms with Crippen LogP contribution in [0.4, 0.5) is 5.69 Å². The molecule has 2 rings (SSSR count). The molecule has 1 N–H and O–H groups in total. The summed E-state index contributed by atoms with van der Waals surface area (Å²) in [6.07, 6.45) is 0.703. The van der Waals surface area contributed by atoms with Crippen LogP contribution in [0.5, 0.6) is 11.5 Å². The SMILES string of the molecule is CCCN(CC(=O)Nc1ccc(Cl)cc1Cl)C(=O)c1ccc(OCC)c(OC)c1. The molecule has 0 aromatic heterocycles. The Hall–Kier alpha value is -2.44. The van der Waals surface area contributed by atoms with E-state index in [2.05, 4.69) is 5.32 Å². The summed E-state index contributed by atoms with van der Waals surface area (Å²) in [5.41, 5.74) is 0.851. The molecule has 0 bridgehead atoms. The Labute approximate surface area is 180 Å². The van der Waals surface area contributed by atoms with E-state index in [4.69, 9.17) is 32.7 Å². The van der Waals surface area contributed by atoms with Crippen LogP contribution in [-0.2, 0) is 4.79 Å². The molecule has 2 amide bonds. The molecule has 6 nitrogen and oxygen atoms in total. The number of methoxy groups -OCH3 is 1. The van der Waals surface area contributed by atoms with Crippen LogP contribution in [-0.4, -0.2) is 43.5 Å². The second kappa shape index (κ2) is 10.9. The van der Waals surface area contributed by atoms with Crippen molar-refractivity contribution in [1.29, 1.82) is 0 Å². The number of amides is 2. The first-order valence-corrected chi connectivity index (χ1v) is 10.00. The van der Waals surface area contributed by atoms with Gasteiger partial charge < -0.3 is 19.7 Å². The fraction of sp³-hybridized carbons (Fsp3) is 0.333. The number of rotatable bonds is 9. The molecule has 0 saturated heterocycles. The van der Waals surface area contributed by atoms with Crippen LogP contribution in [0.1, 0.15) is 30.6 Å². The Morgan fingerprint density at radius 1 is 1.07 bits per heavy atom. The monoisotopic (exact) mass is 438 g/mol. The number of hydrogen-bond donors (Lipinski definition) is 1. The number of carbonyl (C=O) groups excluding carboxylic acids is 2. The van der Waals surface area contributed by atoms with Crippen LogP contribution in [0.15, 0.2) is 36.4 Å². The van der Waals surface area contributed by atoms with E-state index >= 15 is 0 Å². The molecular formula is C21H24Cl2N2O4. The molecule has 0 heterocycles. The maximum atomic E-state index is 13.0. The summed E-state index contributed by atoms with van der Waals surface area (Å²) in [6.45, 7) is 4.61. The van der Waals surface area contributed by atoms with Crippen LogP contribution >= 0.6 is 23.2 Å². The molecule has 156 valence electrons. The standard InChI is InChI=1S/C21H24Cl2N2O4/c1-4-10-25(13-20(26)24-17-8-7-15(22)12-16(17)23)21(27)14-6-9-18(29-5-2)19(11-14)28-3/h6-9,11-12H,4-5,10,13H2,1-3H3,(H,24,26). The normalized spacial score (nSPS) is 10.4. The molecule has 0 aliphatic carbocycles. The van der Waals surface area contributed by atoms with Gasteiger partial charge in [-0.05, 0) is 49.7 Å². The number of ether oxygens (including phenoxy) is 2. The van der Waals surface area contributed by atoms with E-state index < -0.39 is 0 Å². The smallest absolute Gasteiger partial charge is 0.254 e. The highest BCUT2D eigenvalue weighted by atomic mass is 35.5. The molecule has 0 radical (unpaired) electrons. The Kier molecular flexibility index (Phi) is 8.61. The molecule has 29 heavy (non-hydrogen) atoms. The summed E-state index contributed by atoms with van der Waals surface area (Å²) in [6, 6.07) is 9.75. The van der Waals surface area contributed by atoms with E-state index in [1.54, 1.807) is 36.4 Å². The maximum Gasteiger partial charge on any atom is 0.254 e. The van der Waals surface area contributed by atoms with E-state index in [9.17, 15) is 9.59 Å². The van der Waals surface area contributed by atoms with Crippen molar-refractivity contribution < 1.29 is 19.1 Å². The third kappa shape index (κ3) is 6.27. The Morgan fingerprint density at radius 2 is 1.83 bits per heavy atom. The molecular weight excluding hydrogens is 415 g/mol. The van der Waals surface area contributed by atoms with Gasteiger partial charge in [0.2, 0.25) is 5.91 Å². The number of nitrogens with zero attached hydrogens (tertiary/aromatic N) is 1. The fourth-order valence-corrected chi connectivity index (χ4v) is 3.19. The first-order chi connectivity index (χ1) is 13.9. The number of hydrogen-bond acceptors (Lipinski definition) is 4. The van der Waals surface area contributed by atoms with Crippen molar-refractivity contribution in [3.63, 3.8) is 0 Å². The Bertz CT molecular complexity index is 874. The quantitative estimate of drug-likeness (QED) is 0.604. The zero-order valence-corrected chi connectivity index (χ0v) is 18.1. The summed E-state index contributed by atoms with van der Waals surface area (Å²) in [5.74, 6) is 0.398. The molecule has 2 aromatic rings. The van der Waals surface area contributed by atoms with Gasteiger partial charge >= 0.3 is 0 Å². The summed E-state index contributed by atoms with van der Waals surface area (Å²) in [7, 11) is 1.51. The zero-order valence-electron chi connectivity index (χ0n) is 16.6. The van der Waals surface area contributed by atoms with Gasteiger partial charge in [-0.2, -0.15) is 0 Å². The topological polar surface area (TPSA) is 67.9 Å². The van der Waals surface area contributed by atoms with Crippen LogP contribution in [0.25, 0.3) is 0 Å². The molecule has 0 spiro atoms. The van der Waals surface area contributed by atoms with E-state index in [1.165, 1.54) is 12.0 Å². The van der Waals surface area contributed by atoms with Crippen molar-refractivity contribution in [3.8, 4) is 11.5 Å². The summed E-state index contributed by atoms with van der Waals surface area (Å²) in [4.78, 5) is 26.9. The largest absolute Gasteiger partial charge is 0.493 e. The molecule has 2 aromatic carbocycles. The molecule has 0 unspecified atom stereocenters. The fourth-order valence-electron chi connectivity index (χ4n) is 2.73. The highest BCUT2D eigenvalue weighted by Crippen LogP contribution is 2.29. The van der Waals surface area contributed by atoms with Gasteiger partial charge in [-0.25, -0.2) is 0 Å². The van der Waals surface area contributed by atoms with Gasteiger partial charge in [-0.1, -0.05) is 30.1 Å². The predicted octanol–water partition coefficient (Wildman–Crippen LogP) is 4.89. The van der Waals surface area contributed by atoms with E-state index in [-0.39, 0.29) is 18.4 Å². The van der Waals surface area contributed by atoms with Crippen LogP contribution in [0.3, 0.4) is 0 Å². The summed E-state index contributed by atoms with van der Waals surface area (Å²) in [5, 5.41) is 3.51. The number of benzene rings is 2. The number of halogens is 2. The minimum absolute atomic E-state index is 0.110. The Balaban J connectivity index is 2.15. The number of carbonyl (C=O) groups is 2. The average molecular weight is 439 g/mol. The van der Waals surface area contributed by atoms with Crippen LogP contribution < -0.4 is 14.8 Å². The highest BCUT2D eigenvalue weighted by Gasteiger charge is 2.20. The van der Waals surface area contributed by atoms with Crippen molar-refractivity contribution in [2.45, 2.75) is 20.3 Å². The van der Waals surface area contributed by atoms with Gasteiger partial charge in [0, 0.05) is 17.1 Å². The molecule has 0 aliphatic heterocycles. The first-order valence-electron chi connectivity index (χ1n) is 9.24. The highest BCUT2D eigenvalue weighted by molar-refractivity contribution is 6.36. The molecule has 0 atom stereocenters. The Morgan fingerprint density at radius 3 is 2.45 bits per heavy atom. The lowest BCUT2D eigenvalue weighted by Gasteiger charge is -2.22. The number of nitrogens with one attached hydrogen (secondary N) is 1. The van der Waals surface area contributed by atoms with Crippen molar-refractivity contribution in [2.24, 2.45) is 0 Å². The van der Waals surface area contributed by atoms with E-state index in [0.29, 0.717) is 52.4 Å². The van der Waals surface area contributed by atoms with Crippen LogP contribution in [0.2, 0.25) is 10.0 Å². The lowest BCUT2D eigenvalue weighted by atomic mass is 10.1. The second-order valence-electron chi connectivity index (χ2n) is 6.20. The summed E-state index contributed by atoms with van der Waals surface area (Å²) >= 11 is 12.0. The van der Waals surface area contributed by atoms with E-state index in [0.717, 1.165) is 0 Å². The van der Waals surface area contributed by atoms with Gasteiger partial charge in [0.05, 0.1) is 24.4 Å². The maximum absolute atomic E-state index is 13.0. The third-order valence-corrected chi connectivity index (χ3v) is 4.58. The zero-order chi connectivity index (χ0) is 21.4. The third-order valence-electron chi connectivity index (χ3n) is 4.03. The van der Waals surface area contributed by atoms with Gasteiger partial charge in [0.25, 0.3) is 5.91 Å². The lowest BCUT2D eigenvalue weighted by molar-refractivity contribution is -0.116. The molecule has 0 aliphatic rings. The number of anilines is 1. The molecule has 0 fully saturated rings. The molecule has 0 saturated carbocycles. The van der Waals surface area contributed by atoms with Crippen molar-refractivity contribution >= 4 is 40.7 Å². The van der Waals surface area contributed by atoms with Gasteiger partial charge in [0.15, 0.2) is 11.5 Å². The van der Waals surface area contributed by atoms with Crippen molar-refractivity contribution in [3.05, 3.63) is 52.0 Å². The second-order valence-corrected chi connectivity index (χ2v) is 7.04. The van der Waals surface area contributed by atoms with Gasteiger partial charge in [-0.3, -0.25) is 9.59 Å². The summed E-state index contributed by atoms with van der Waals surface area (Å²) < 4.78 is 10.8.